The minimum atomic E-state index is -0.244. The van der Waals surface area contributed by atoms with Crippen LogP contribution in [0.4, 0.5) is 4.39 Å². The Labute approximate surface area is 198 Å². The first kappa shape index (κ1) is 27.1. The van der Waals surface area contributed by atoms with Crippen LogP contribution in [0.3, 0.4) is 0 Å². The van der Waals surface area contributed by atoms with Crippen molar-refractivity contribution in [2.24, 2.45) is 10.9 Å². The minimum Gasteiger partial charge on any atom is -0.380 e. The van der Waals surface area contributed by atoms with Crippen molar-refractivity contribution in [2.45, 2.75) is 46.4 Å². The lowest BCUT2D eigenvalue weighted by atomic mass is 10.0. The minimum absolute atomic E-state index is 0. The Morgan fingerprint density at radius 3 is 2.63 bits per heavy atom. The van der Waals surface area contributed by atoms with Crippen LogP contribution in [-0.2, 0) is 22.6 Å². The summed E-state index contributed by atoms with van der Waals surface area (Å²) >= 11 is 0. The van der Waals surface area contributed by atoms with Gasteiger partial charge in [-0.15, -0.1) is 24.0 Å². The molecule has 0 radical (unpaired) electrons. The first-order valence-electron chi connectivity index (χ1n) is 10.6. The summed E-state index contributed by atoms with van der Waals surface area (Å²) in [5.41, 5.74) is 1.52. The summed E-state index contributed by atoms with van der Waals surface area (Å²) in [6, 6.07) is 5.52. The third-order valence-electron chi connectivity index (χ3n) is 4.98. The highest BCUT2D eigenvalue weighted by atomic mass is 127. The Kier molecular flexibility index (Phi) is 13.5. The first-order chi connectivity index (χ1) is 14.0. The molecule has 1 aliphatic heterocycles. The van der Waals surface area contributed by atoms with E-state index < -0.39 is 0 Å². The van der Waals surface area contributed by atoms with Crippen LogP contribution in [-0.4, -0.2) is 63.4 Å². The summed E-state index contributed by atoms with van der Waals surface area (Å²) in [5, 5.41) is 6.82. The Morgan fingerprint density at radius 1 is 1.27 bits per heavy atom. The largest absolute Gasteiger partial charge is 0.380 e. The van der Waals surface area contributed by atoms with Crippen LogP contribution in [0.1, 0.15) is 38.3 Å². The van der Waals surface area contributed by atoms with E-state index in [0.717, 1.165) is 57.3 Å². The molecule has 1 heterocycles. The molecule has 1 aromatic carbocycles. The molecular weight excluding hydrogens is 498 g/mol. The van der Waals surface area contributed by atoms with Crippen molar-refractivity contribution in [3.8, 4) is 0 Å². The summed E-state index contributed by atoms with van der Waals surface area (Å²) in [6.45, 7) is 12.5. The third kappa shape index (κ3) is 9.45. The van der Waals surface area contributed by atoms with Crippen molar-refractivity contribution in [2.75, 3.05) is 46.5 Å². The van der Waals surface area contributed by atoms with Crippen LogP contribution in [0.25, 0.3) is 0 Å². The summed E-state index contributed by atoms with van der Waals surface area (Å²) < 4.78 is 24.4. The molecule has 8 heteroatoms. The number of nitrogens with zero attached hydrogens (tertiary/aromatic N) is 2. The lowest BCUT2D eigenvalue weighted by Crippen LogP contribution is -2.51. The lowest BCUT2D eigenvalue weighted by Gasteiger charge is -2.35. The van der Waals surface area contributed by atoms with E-state index in [9.17, 15) is 4.39 Å². The molecule has 2 rings (SSSR count). The third-order valence-corrected chi connectivity index (χ3v) is 4.98. The molecule has 0 aliphatic carbocycles. The Hall–Kier alpha value is -0.970. The summed E-state index contributed by atoms with van der Waals surface area (Å²) in [5.74, 6) is 1.17. The molecule has 1 saturated heterocycles. The molecule has 0 aromatic heterocycles. The van der Waals surface area contributed by atoms with E-state index in [2.05, 4.69) is 36.3 Å². The number of ether oxygens (including phenoxy) is 2. The number of rotatable bonds is 10. The molecule has 0 saturated carbocycles. The van der Waals surface area contributed by atoms with Crippen LogP contribution >= 0.6 is 24.0 Å². The van der Waals surface area contributed by atoms with Gasteiger partial charge >= 0.3 is 0 Å². The highest BCUT2D eigenvalue weighted by Crippen LogP contribution is 2.14. The highest BCUT2D eigenvalue weighted by molar-refractivity contribution is 14.0. The number of hydrogen-bond acceptors (Lipinski definition) is 4. The van der Waals surface area contributed by atoms with E-state index in [1.807, 2.05) is 6.07 Å². The topological polar surface area (TPSA) is 58.1 Å². The van der Waals surface area contributed by atoms with Crippen molar-refractivity contribution >= 4 is 29.9 Å². The molecule has 0 amide bonds. The molecule has 1 atom stereocenters. The maximum absolute atomic E-state index is 13.8. The lowest BCUT2D eigenvalue weighted by molar-refractivity contribution is 0.0132. The van der Waals surface area contributed by atoms with E-state index in [4.69, 9.17) is 14.5 Å². The average molecular weight is 536 g/mol. The fourth-order valence-corrected chi connectivity index (χ4v) is 3.57. The predicted molar refractivity (Wildman–Crippen MR) is 131 cm³/mol. The van der Waals surface area contributed by atoms with E-state index in [-0.39, 0.29) is 36.4 Å². The molecule has 1 unspecified atom stereocenters. The second-order valence-corrected chi connectivity index (χ2v) is 7.87. The quantitative estimate of drug-likeness (QED) is 0.273. The maximum Gasteiger partial charge on any atom is 0.191 e. The fraction of sp³-hybridized carbons (Fsp3) is 0.682. The summed E-state index contributed by atoms with van der Waals surface area (Å²) in [4.78, 5) is 7.21. The van der Waals surface area contributed by atoms with Gasteiger partial charge in [-0.2, -0.15) is 0 Å². The van der Waals surface area contributed by atoms with Crippen molar-refractivity contribution in [1.82, 2.24) is 15.5 Å². The fourth-order valence-electron chi connectivity index (χ4n) is 3.57. The van der Waals surface area contributed by atoms with Gasteiger partial charge in [0.25, 0.3) is 0 Å². The smallest absolute Gasteiger partial charge is 0.191 e. The van der Waals surface area contributed by atoms with Crippen LogP contribution in [0.15, 0.2) is 23.2 Å². The van der Waals surface area contributed by atoms with Gasteiger partial charge in [-0.3, -0.25) is 4.90 Å². The van der Waals surface area contributed by atoms with E-state index >= 15 is 0 Å². The van der Waals surface area contributed by atoms with E-state index in [1.54, 1.807) is 13.2 Å². The molecule has 1 fully saturated rings. The van der Waals surface area contributed by atoms with Gasteiger partial charge in [0.05, 0.1) is 26.4 Å². The van der Waals surface area contributed by atoms with Gasteiger partial charge in [0.15, 0.2) is 5.96 Å². The van der Waals surface area contributed by atoms with Crippen molar-refractivity contribution < 1.29 is 13.9 Å². The number of halogens is 2. The number of methoxy groups -OCH3 is 1. The number of nitrogens with one attached hydrogen (secondary N) is 2. The first-order valence-corrected chi connectivity index (χ1v) is 10.6. The van der Waals surface area contributed by atoms with Gasteiger partial charge in [0.2, 0.25) is 0 Å². The number of hydrogen-bond donors (Lipinski definition) is 2. The number of benzene rings is 1. The molecule has 30 heavy (non-hydrogen) atoms. The summed E-state index contributed by atoms with van der Waals surface area (Å²) in [6.07, 6.45) is 1.13. The molecular formula is C22H38FIN4O2. The number of guanidine groups is 1. The SMILES string of the molecule is CCNC(=NCc1ccc(F)c(COC)c1)NCC(CC(C)C)N1CCOCC1.I. The zero-order chi connectivity index (χ0) is 21.1. The molecule has 0 bridgehead atoms. The van der Waals surface area contributed by atoms with E-state index in [0.29, 0.717) is 24.1 Å². The van der Waals surface area contributed by atoms with Crippen LogP contribution < -0.4 is 10.6 Å². The number of aliphatic imine (C=N–C) groups is 1. The normalized spacial score (nSPS) is 16.3. The Bertz CT molecular complexity index is 640. The predicted octanol–water partition coefficient (Wildman–Crippen LogP) is 3.39. The standard InChI is InChI=1S/C22H37FN4O2.HI/c1-5-24-22(25-14-18-6-7-21(23)19(13-18)16-28-4)26-15-20(12-17(2)3)27-8-10-29-11-9-27;/h6-7,13,17,20H,5,8-12,14-16H2,1-4H3,(H2,24,25,26);1H. The Morgan fingerprint density at radius 2 is 2.00 bits per heavy atom. The van der Waals surface area contributed by atoms with Gasteiger partial charge in [-0.1, -0.05) is 19.9 Å². The van der Waals surface area contributed by atoms with Crippen molar-refractivity contribution in [3.63, 3.8) is 0 Å². The second kappa shape index (κ2) is 14.9. The monoisotopic (exact) mass is 536 g/mol. The van der Waals surface area contributed by atoms with Gasteiger partial charge in [-0.05, 0) is 37.0 Å². The van der Waals surface area contributed by atoms with Crippen LogP contribution in [0.2, 0.25) is 0 Å². The van der Waals surface area contributed by atoms with Gasteiger partial charge < -0.3 is 20.1 Å². The molecule has 1 aliphatic rings. The van der Waals surface area contributed by atoms with Gasteiger partial charge in [0.1, 0.15) is 5.82 Å². The average Bonchev–Trinajstić information content (AvgIpc) is 2.71. The molecule has 172 valence electrons. The molecule has 1 aromatic rings. The Balaban J connectivity index is 0.00000450. The van der Waals surface area contributed by atoms with Gasteiger partial charge in [0, 0.05) is 44.9 Å². The molecule has 2 N–H and O–H groups in total. The maximum atomic E-state index is 13.8. The van der Waals surface area contributed by atoms with Crippen LogP contribution in [0, 0.1) is 11.7 Å². The van der Waals surface area contributed by atoms with Gasteiger partial charge in [-0.25, -0.2) is 9.38 Å². The number of morpholine rings is 1. The van der Waals surface area contributed by atoms with Crippen LogP contribution in [0.5, 0.6) is 0 Å². The summed E-state index contributed by atoms with van der Waals surface area (Å²) in [7, 11) is 1.57. The highest BCUT2D eigenvalue weighted by Gasteiger charge is 2.22. The zero-order valence-corrected chi connectivity index (χ0v) is 21.1. The second-order valence-electron chi connectivity index (χ2n) is 7.87. The van der Waals surface area contributed by atoms with Crippen molar-refractivity contribution in [1.29, 1.82) is 0 Å². The van der Waals surface area contributed by atoms with E-state index in [1.165, 1.54) is 6.07 Å². The molecule has 6 nitrogen and oxygen atoms in total. The van der Waals surface area contributed by atoms with Crippen molar-refractivity contribution in [3.05, 3.63) is 35.1 Å². The zero-order valence-electron chi connectivity index (χ0n) is 18.7. The molecule has 0 spiro atoms.